The number of amides is 1. The molecule has 1 aliphatic rings. The first-order chi connectivity index (χ1) is 8.17. The quantitative estimate of drug-likeness (QED) is 0.767. The van der Waals surface area contributed by atoms with Crippen molar-refractivity contribution in [3.8, 4) is 0 Å². The molecular weight excluding hydrogens is 232 g/mol. The first-order valence-corrected chi connectivity index (χ1v) is 8.11. The minimum absolute atomic E-state index is 0.0407. The standard InChI is InChI=1S/C13H26N2OS/c1-3-10-4-6-11(7-5-10)15-13(16)12(14)8-9-17-2/h10-12H,3-9,14H2,1-2H3,(H,15,16)/t10?,11?,12-/m1/s1. The molecular formula is C13H26N2OS. The second-order valence-corrected chi connectivity index (χ2v) is 6.01. The summed E-state index contributed by atoms with van der Waals surface area (Å²) in [4.78, 5) is 11.8. The molecule has 1 rings (SSSR count). The lowest BCUT2D eigenvalue weighted by Gasteiger charge is -2.29. The Morgan fingerprint density at radius 3 is 2.59 bits per heavy atom. The maximum atomic E-state index is 11.8. The molecule has 0 spiro atoms. The van der Waals surface area contributed by atoms with Gasteiger partial charge in [-0.1, -0.05) is 13.3 Å². The molecule has 1 fully saturated rings. The van der Waals surface area contributed by atoms with Gasteiger partial charge in [-0.3, -0.25) is 4.79 Å². The van der Waals surface area contributed by atoms with Gasteiger partial charge in [0.05, 0.1) is 6.04 Å². The van der Waals surface area contributed by atoms with Crippen LogP contribution in [0.2, 0.25) is 0 Å². The summed E-state index contributed by atoms with van der Waals surface area (Å²) in [5.74, 6) is 1.87. The molecule has 0 bridgehead atoms. The van der Waals surface area contributed by atoms with E-state index < -0.39 is 0 Å². The van der Waals surface area contributed by atoms with Gasteiger partial charge in [0.25, 0.3) is 0 Å². The van der Waals surface area contributed by atoms with Crippen LogP contribution in [0.15, 0.2) is 0 Å². The molecule has 1 saturated carbocycles. The van der Waals surface area contributed by atoms with Crippen molar-refractivity contribution in [3.05, 3.63) is 0 Å². The summed E-state index contributed by atoms with van der Waals surface area (Å²) in [6.45, 7) is 2.25. The van der Waals surface area contributed by atoms with E-state index in [0.717, 1.165) is 30.9 Å². The second-order valence-electron chi connectivity index (χ2n) is 5.02. The molecule has 0 aromatic carbocycles. The summed E-state index contributed by atoms with van der Waals surface area (Å²) in [5.41, 5.74) is 5.85. The zero-order valence-corrected chi connectivity index (χ0v) is 11.9. The monoisotopic (exact) mass is 258 g/mol. The third-order valence-corrected chi connectivity index (χ3v) is 4.38. The lowest BCUT2D eigenvalue weighted by Crippen LogP contribution is -2.46. The van der Waals surface area contributed by atoms with E-state index in [0.29, 0.717) is 6.04 Å². The predicted octanol–water partition coefficient (Wildman–Crippen LogP) is 2.15. The minimum atomic E-state index is -0.327. The van der Waals surface area contributed by atoms with Crippen LogP contribution < -0.4 is 11.1 Å². The average Bonchev–Trinajstić information content (AvgIpc) is 2.36. The highest BCUT2D eigenvalue weighted by Crippen LogP contribution is 2.26. The molecule has 0 saturated heterocycles. The van der Waals surface area contributed by atoms with Gasteiger partial charge in [-0.2, -0.15) is 11.8 Å². The molecule has 0 aromatic rings. The van der Waals surface area contributed by atoms with E-state index in [1.165, 1.54) is 19.3 Å². The Balaban J connectivity index is 2.22. The first-order valence-electron chi connectivity index (χ1n) is 6.72. The largest absolute Gasteiger partial charge is 0.352 e. The van der Waals surface area contributed by atoms with Crippen LogP contribution in [-0.4, -0.2) is 30.0 Å². The van der Waals surface area contributed by atoms with E-state index in [2.05, 4.69) is 12.2 Å². The Labute approximate surface area is 109 Å². The van der Waals surface area contributed by atoms with Crippen molar-refractivity contribution >= 4 is 17.7 Å². The van der Waals surface area contributed by atoms with E-state index in [1.54, 1.807) is 11.8 Å². The fourth-order valence-corrected chi connectivity index (χ4v) is 2.89. The maximum Gasteiger partial charge on any atom is 0.237 e. The maximum absolute atomic E-state index is 11.8. The third-order valence-electron chi connectivity index (χ3n) is 3.74. The molecule has 100 valence electrons. The fourth-order valence-electron chi connectivity index (χ4n) is 2.40. The van der Waals surface area contributed by atoms with Gasteiger partial charge in [0, 0.05) is 6.04 Å². The molecule has 1 amide bonds. The molecule has 0 radical (unpaired) electrons. The van der Waals surface area contributed by atoms with Gasteiger partial charge in [0.2, 0.25) is 5.91 Å². The fraction of sp³-hybridized carbons (Fsp3) is 0.923. The van der Waals surface area contributed by atoms with Crippen molar-refractivity contribution in [2.75, 3.05) is 12.0 Å². The zero-order valence-electron chi connectivity index (χ0n) is 11.1. The first kappa shape index (κ1) is 14.8. The van der Waals surface area contributed by atoms with Gasteiger partial charge in [0.1, 0.15) is 0 Å². The Bertz CT molecular complexity index is 227. The van der Waals surface area contributed by atoms with Gasteiger partial charge < -0.3 is 11.1 Å². The van der Waals surface area contributed by atoms with Crippen LogP contribution in [-0.2, 0) is 4.79 Å². The SMILES string of the molecule is CCC1CCC(NC(=O)[C@H](N)CCSC)CC1. The molecule has 0 aliphatic heterocycles. The summed E-state index contributed by atoms with van der Waals surface area (Å²) >= 11 is 1.74. The van der Waals surface area contributed by atoms with Crippen molar-refractivity contribution in [3.63, 3.8) is 0 Å². The second kappa shape index (κ2) is 7.98. The Hall–Kier alpha value is -0.220. The molecule has 3 nitrogen and oxygen atoms in total. The molecule has 0 aromatic heterocycles. The normalized spacial score (nSPS) is 26.5. The predicted molar refractivity (Wildman–Crippen MR) is 75.2 cm³/mol. The molecule has 17 heavy (non-hydrogen) atoms. The van der Waals surface area contributed by atoms with Crippen molar-refractivity contribution in [2.45, 2.75) is 57.5 Å². The summed E-state index contributed by atoms with van der Waals surface area (Å²) in [6.07, 6.45) is 8.84. The molecule has 4 heteroatoms. The van der Waals surface area contributed by atoms with E-state index in [-0.39, 0.29) is 11.9 Å². The van der Waals surface area contributed by atoms with Crippen LogP contribution in [0, 0.1) is 5.92 Å². The van der Waals surface area contributed by atoms with E-state index in [4.69, 9.17) is 5.73 Å². The number of hydrogen-bond donors (Lipinski definition) is 2. The van der Waals surface area contributed by atoms with Crippen LogP contribution in [0.4, 0.5) is 0 Å². The summed E-state index contributed by atoms with van der Waals surface area (Å²) in [5, 5.41) is 3.10. The molecule has 0 unspecified atom stereocenters. The van der Waals surface area contributed by atoms with Gasteiger partial charge in [0.15, 0.2) is 0 Å². The van der Waals surface area contributed by atoms with Gasteiger partial charge in [-0.25, -0.2) is 0 Å². The van der Waals surface area contributed by atoms with Crippen LogP contribution in [0.3, 0.4) is 0 Å². The lowest BCUT2D eigenvalue weighted by atomic mass is 9.84. The van der Waals surface area contributed by atoms with Crippen molar-refractivity contribution < 1.29 is 4.79 Å². The van der Waals surface area contributed by atoms with E-state index in [9.17, 15) is 4.79 Å². The van der Waals surface area contributed by atoms with Crippen LogP contribution in [0.5, 0.6) is 0 Å². The lowest BCUT2D eigenvalue weighted by molar-refractivity contribution is -0.123. The number of nitrogens with two attached hydrogens (primary N) is 1. The van der Waals surface area contributed by atoms with Gasteiger partial charge in [-0.15, -0.1) is 0 Å². The van der Waals surface area contributed by atoms with Crippen molar-refractivity contribution in [1.82, 2.24) is 5.32 Å². The molecule has 1 atom stereocenters. The van der Waals surface area contributed by atoms with Crippen LogP contribution in [0.1, 0.15) is 45.4 Å². The molecule has 3 N–H and O–H groups in total. The Kier molecular flexibility index (Phi) is 6.97. The summed E-state index contributed by atoms with van der Waals surface area (Å²) in [6, 6.07) is 0.0389. The summed E-state index contributed by atoms with van der Waals surface area (Å²) < 4.78 is 0. The number of carbonyl (C=O) groups is 1. The van der Waals surface area contributed by atoms with Crippen LogP contribution >= 0.6 is 11.8 Å². The smallest absolute Gasteiger partial charge is 0.237 e. The average molecular weight is 258 g/mol. The molecule has 1 aliphatic carbocycles. The van der Waals surface area contributed by atoms with E-state index >= 15 is 0 Å². The number of carbonyl (C=O) groups excluding carboxylic acids is 1. The summed E-state index contributed by atoms with van der Waals surface area (Å²) in [7, 11) is 0. The van der Waals surface area contributed by atoms with Crippen molar-refractivity contribution in [1.29, 1.82) is 0 Å². The highest BCUT2D eigenvalue weighted by molar-refractivity contribution is 7.98. The van der Waals surface area contributed by atoms with Crippen LogP contribution in [0.25, 0.3) is 0 Å². The topological polar surface area (TPSA) is 55.1 Å². The number of rotatable bonds is 6. The zero-order chi connectivity index (χ0) is 12.7. The van der Waals surface area contributed by atoms with E-state index in [1.807, 2.05) is 6.26 Å². The van der Waals surface area contributed by atoms with Crippen molar-refractivity contribution in [2.24, 2.45) is 11.7 Å². The molecule has 0 heterocycles. The number of thioether (sulfide) groups is 1. The Morgan fingerprint density at radius 2 is 2.06 bits per heavy atom. The van der Waals surface area contributed by atoms with Gasteiger partial charge in [-0.05, 0) is 50.0 Å². The highest BCUT2D eigenvalue weighted by atomic mass is 32.2. The number of nitrogens with one attached hydrogen (secondary N) is 1. The van der Waals surface area contributed by atoms with Gasteiger partial charge >= 0.3 is 0 Å². The third kappa shape index (κ3) is 5.30. The Morgan fingerprint density at radius 1 is 1.41 bits per heavy atom. The minimum Gasteiger partial charge on any atom is -0.352 e. The number of hydrogen-bond acceptors (Lipinski definition) is 3. The highest BCUT2D eigenvalue weighted by Gasteiger charge is 2.23.